The number of ether oxygens (including phenoxy) is 3. The average Bonchev–Trinajstić information content (AvgIpc) is 3.55. The third kappa shape index (κ3) is 4.45. The molecule has 2 amide bonds. The van der Waals surface area contributed by atoms with Crippen molar-refractivity contribution in [1.82, 2.24) is 5.32 Å². The second-order valence-electron chi connectivity index (χ2n) is 6.84. The van der Waals surface area contributed by atoms with E-state index in [1.807, 2.05) is 25.1 Å². The molecule has 1 saturated carbocycles. The van der Waals surface area contributed by atoms with Crippen molar-refractivity contribution in [2.75, 3.05) is 26.1 Å². The van der Waals surface area contributed by atoms with Crippen molar-refractivity contribution in [3.05, 3.63) is 48.0 Å². The highest BCUT2D eigenvalue weighted by atomic mass is 16.5. The van der Waals surface area contributed by atoms with Gasteiger partial charge in [-0.25, -0.2) is 0 Å². The zero-order valence-electron chi connectivity index (χ0n) is 16.9. The van der Waals surface area contributed by atoms with Crippen LogP contribution in [-0.2, 0) is 16.1 Å². The van der Waals surface area contributed by atoms with Crippen LogP contribution in [0.25, 0.3) is 0 Å². The molecule has 1 aliphatic rings. The summed E-state index contributed by atoms with van der Waals surface area (Å²) in [4.78, 5) is 25.6. The van der Waals surface area contributed by atoms with Crippen LogP contribution in [0.3, 0.4) is 0 Å². The summed E-state index contributed by atoms with van der Waals surface area (Å²) in [6.07, 6.45) is 1.04. The van der Waals surface area contributed by atoms with Crippen molar-refractivity contribution < 1.29 is 23.8 Å². The number of methoxy groups -OCH3 is 2. The average molecular weight is 398 g/mol. The number of carbonyl (C=O) groups is 2. The van der Waals surface area contributed by atoms with Gasteiger partial charge >= 0.3 is 0 Å². The van der Waals surface area contributed by atoms with Gasteiger partial charge in [0.2, 0.25) is 11.8 Å². The molecule has 2 aromatic rings. The molecule has 2 aromatic carbocycles. The summed E-state index contributed by atoms with van der Waals surface area (Å²) in [5.74, 6) is 1.21. The second kappa shape index (κ2) is 8.86. The summed E-state index contributed by atoms with van der Waals surface area (Å²) in [6.45, 7) is 2.66. The van der Waals surface area contributed by atoms with Crippen molar-refractivity contribution in [2.24, 2.45) is 5.41 Å². The van der Waals surface area contributed by atoms with E-state index in [1.165, 1.54) is 0 Å². The zero-order valence-corrected chi connectivity index (χ0v) is 16.9. The van der Waals surface area contributed by atoms with Crippen molar-refractivity contribution in [2.45, 2.75) is 26.3 Å². The quantitative estimate of drug-likeness (QED) is 0.634. The standard InChI is InChI=1S/C22H26N2O5/c1-4-29-17-8-6-5-7-16(17)24-21(26)22(11-12-22)20(25)23-14-15-9-10-18(27-2)19(13-15)28-3/h5-10,13H,4,11-12,14H2,1-3H3,(H,23,25)(H,24,26). The van der Waals surface area contributed by atoms with Crippen LogP contribution in [0.15, 0.2) is 42.5 Å². The number of para-hydroxylation sites is 2. The monoisotopic (exact) mass is 398 g/mol. The molecule has 1 fully saturated rings. The van der Waals surface area contributed by atoms with Crippen molar-refractivity contribution in [1.29, 1.82) is 0 Å². The summed E-state index contributed by atoms with van der Waals surface area (Å²) in [5.41, 5.74) is 0.391. The summed E-state index contributed by atoms with van der Waals surface area (Å²) in [7, 11) is 3.13. The molecule has 2 N–H and O–H groups in total. The van der Waals surface area contributed by atoms with Crippen LogP contribution in [0.5, 0.6) is 17.2 Å². The van der Waals surface area contributed by atoms with E-state index < -0.39 is 5.41 Å². The predicted molar refractivity (Wildman–Crippen MR) is 109 cm³/mol. The van der Waals surface area contributed by atoms with Gasteiger partial charge in [-0.15, -0.1) is 0 Å². The molecule has 7 nitrogen and oxygen atoms in total. The van der Waals surface area contributed by atoms with Gasteiger partial charge in [0, 0.05) is 6.54 Å². The fourth-order valence-corrected chi connectivity index (χ4v) is 3.12. The van der Waals surface area contributed by atoms with Crippen LogP contribution < -0.4 is 24.8 Å². The number of anilines is 1. The van der Waals surface area contributed by atoms with E-state index in [0.29, 0.717) is 48.9 Å². The smallest absolute Gasteiger partial charge is 0.240 e. The molecule has 0 heterocycles. The fourth-order valence-electron chi connectivity index (χ4n) is 3.12. The van der Waals surface area contributed by atoms with Crippen LogP contribution in [0.1, 0.15) is 25.3 Å². The molecular formula is C22H26N2O5. The van der Waals surface area contributed by atoms with E-state index in [1.54, 1.807) is 38.5 Å². The predicted octanol–water partition coefficient (Wildman–Crippen LogP) is 3.14. The number of benzene rings is 2. The van der Waals surface area contributed by atoms with Crippen LogP contribution in [-0.4, -0.2) is 32.6 Å². The number of hydrogen-bond donors (Lipinski definition) is 2. The Morgan fingerprint density at radius 2 is 1.69 bits per heavy atom. The number of amides is 2. The van der Waals surface area contributed by atoms with E-state index in [4.69, 9.17) is 14.2 Å². The van der Waals surface area contributed by atoms with Crippen LogP contribution in [0.2, 0.25) is 0 Å². The Kier molecular flexibility index (Phi) is 6.26. The molecule has 3 rings (SSSR count). The molecule has 0 spiro atoms. The van der Waals surface area contributed by atoms with Gasteiger partial charge in [-0.3, -0.25) is 9.59 Å². The number of carbonyl (C=O) groups excluding carboxylic acids is 2. The van der Waals surface area contributed by atoms with Gasteiger partial charge in [0.25, 0.3) is 0 Å². The van der Waals surface area contributed by atoms with E-state index in [9.17, 15) is 9.59 Å². The third-order valence-corrected chi connectivity index (χ3v) is 4.96. The Morgan fingerprint density at radius 3 is 2.34 bits per heavy atom. The second-order valence-corrected chi connectivity index (χ2v) is 6.84. The van der Waals surface area contributed by atoms with Gasteiger partial charge < -0.3 is 24.8 Å². The van der Waals surface area contributed by atoms with E-state index in [0.717, 1.165) is 5.56 Å². The first-order valence-corrected chi connectivity index (χ1v) is 9.56. The Hall–Kier alpha value is -3.22. The van der Waals surface area contributed by atoms with Crippen molar-refractivity contribution >= 4 is 17.5 Å². The summed E-state index contributed by atoms with van der Waals surface area (Å²) in [5, 5.41) is 5.72. The first kappa shape index (κ1) is 20.5. The van der Waals surface area contributed by atoms with Gasteiger partial charge in [-0.05, 0) is 49.6 Å². The molecule has 0 aliphatic heterocycles. The maximum Gasteiger partial charge on any atom is 0.240 e. The highest BCUT2D eigenvalue weighted by Gasteiger charge is 2.56. The Labute approximate surface area is 170 Å². The van der Waals surface area contributed by atoms with E-state index in [-0.39, 0.29) is 11.8 Å². The lowest BCUT2D eigenvalue weighted by molar-refractivity contribution is -0.134. The first-order valence-electron chi connectivity index (χ1n) is 9.56. The zero-order chi connectivity index (χ0) is 20.9. The topological polar surface area (TPSA) is 85.9 Å². The van der Waals surface area contributed by atoms with Crippen molar-refractivity contribution in [3.63, 3.8) is 0 Å². The molecule has 0 saturated heterocycles. The molecule has 154 valence electrons. The summed E-state index contributed by atoms with van der Waals surface area (Å²) < 4.78 is 16.0. The Bertz CT molecular complexity index is 893. The van der Waals surface area contributed by atoms with E-state index in [2.05, 4.69) is 10.6 Å². The molecule has 1 aliphatic carbocycles. The van der Waals surface area contributed by atoms with Gasteiger partial charge in [0.05, 0.1) is 26.5 Å². The van der Waals surface area contributed by atoms with Crippen LogP contribution in [0.4, 0.5) is 5.69 Å². The van der Waals surface area contributed by atoms with Gasteiger partial charge in [0.15, 0.2) is 11.5 Å². The maximum absolute atomic E-state index is 12.8. The number of nitrogens with one attached hydrogen (secondary N) is 2. The lowest BCUT2D eigenvalue weighted by Crippen LogP contribution is -2.39. The number of rotatable bonds is 9. The first-order chi connectivity index (χ1) is 14.0. The molecule has 0 atom stereocenters. The minimum atomic E-state index is -1.03. The van der Waals surface area contributed by atoms with Crippen LogP contribution >= 0.6 is 0 Å². The van der Waals surface area contributed by atoms with Gasteiger partial charge in [-0.2, -0.15) is 0 Å². The molecular weight excluding hydrogens is 372 g/mol. The fraction of sp³-hybridized carbons (Fsp3) is 0.364. The minimum absolute atomic E-state index is 0.279. The normalized spacial score (nSPS) is 13.9. The van der Waals surface area contributed by atoms with Crippen LogP contribution in [0, 0.1) is 5.41 Å². The molecule has 0 unspecified atom stereocenters. The molecule has 7 heteroatoms. The molecule has 0 bridgehead atoms. The van der Waals surface area contributed by atoms with Crippen molar-refractivity contribution in [3.8, 4) is 17.2 Å². The lowest BCUT2D eigenvalue weighted by Gasteiger charge is -2.17. The third-order valence-electron chi connectivity index (χ3n) is 4.96. The summed E-state index contributed by atoms with van der Waals surface area (Å²) >= 11 is 0. The number of hydrogen-bond acceptors (Lipinski definition) is 5. The van der Waals surface area contributed by atoms with Gasteiger partial charge in [-0.1, -0.05) is 18.2 Å². The van der Waals surface area contributed by atoms with E-state index >= 15 is 0 Å². The Balaban J connectivity index is 1.64. The van der Waals surface area contributed by atoms with Gasteiger partial charge in [0.1, 0.15) is 11.2 Å². The molecule has 0 aromatic heterocycles. The largest absolute Gasteiger partial charge is 0.493 e. The molecule has 29 heavy (non-hydrogen) atoms. The lowest BCUT2D eigenvalue weighted by atomic mass is 10.0. The highest BCUT2D eigenvalue weighted by Crippen LogP contribution is 2.47. The SMILES string of the molecule is CCOc1ccccc1NC(=O)C1(C(=O)NCc2ccc(OC)c(OC)c2)CC1. The highest BCUT2D eigenvalue weighted by molar-refractivity contribution is 6.13. The minimum Gasteiger partial charge on any atom is -0.493 e. The Morgan fingerprint density at radius 1 is 0.966 bits per heavy atom. The maximum atomic E-state index is 12.8. The summed E-state index contributed by atoms with van der Waals surface area (Å²) in [6, 6.07) is 12.6. The molecule has 0 radical (unpaired) electrons.